The first-order valence-corrected chi connectivity index (χ1v) is 8.21. The van der Waals surface area contributed by atoms with Gasteiger partial charge in [-0.25, -0.2) is 17.1 Å². The van der Waals surface area contributed by atoms with Crippen LogP contribution in [0.15, 0.2) is 17.0 Å². The van der Waals surface area contributed by atoms with E-state index < -0.39 is 27.3 Å². The van der Waals surface area contributed by atoms with E-state index in [1.54, 1.807) is 0 Å². The van der Waals surface area contributed by atoms with Gasteiger partial charge in [-0.1, -0.05) is 11.6 Å². The van der Waals surface area contributed by atoms with Crippen LogP contribution in [-0.4, -0.2) is 57.0 Å². The van der Waals surface area contributed by atoms with Gasteiger partial charge in [-0.05, 0) is 39.2 Å². The average Bonchev–Trinajstić information content (AvgIpc) is 2.40. The molecule has 0 saturated carbocycles. The van der Waals surface area contributed by atoms with Crippen molar-refractivity contribution in [2.24, 2.45) is 0 Å². The lowest BCUT2D eigenvalue weighted by Gasteiger charge is -2.19. The lowest BCUT2D eigenvalue weighted by molar-refractivity contribution is 0.274. The summed E-state index contributed by atoms with van der Waals surface area (Å²) in [7, 11) is 1.19. The van der Waals surface area contributed by atoms with E-state index in [2.05, 4.69) is 0 Å². The van der Waals surface area contributed by atoms with E-state index in [9.17, 15) is 12.8 Å². The zero-order valence-corrected chi connectivity index (χ0v) is 13.9. The van der Waals surface area contributed by atoms with E-state index in [4.69, 9.17) is 16.7 Å². The molecule has 21 heavy (non-hydrogen) atoms. The summed E-state index contributed by atoms with van der Waals surface area (Å²) in [5.74, 6) is -0.957. The predicted molar refractivity (Wildman–Crippen MR) is 80.3 cm³/mol. The molecule has 0 atom stereocenters. The summed E-state index contributed by atoms with van der Waals surface area (Å²) in [6.07, 6.45) is 0.623. The number of nitrogens with zero attached hydrogens (tertiary/aromatic N) is 2. The van der Waals surface area contributed by atoms with Crippen LogP contribution in [0.3, 0.4) is 0 Å². The first-order valence-electron chi connectivity index (χ1n) is 6.40. The van der Waals surface area contributed by atoms with Crippen LogP contribution in [0.2, 0.25) is 5.02 Å². The third kappa shape index (κ3) is 4.62. The average molecular weight is 339 g/mol. The quantitative estimate of drug-likeness (QED) is 0.819. The molecule has 1 aromatic rings. The first-order chi connectivity index (χ1) is 9.70. The van der Waals surface area contributed by atoms with E-state index in [-0.39, 0.29) is 17.1 Å². The summed E-state index contributed by atoms with van der Waals surface area (Å²) in [6, 6.07) is 2.27. The Hall–Kier alpha value is -0.730. The maximum absolute atomic E-state index is 14.1. The minimum atomic E-state index is -3.98. The lowest BCUT2D eigenvalue weighted by atomic mass is 10.2. The third-order valence-corrected chi connectivity index (χ3v) is 5.09. The number of halogens is 2. The molecule has 1 rings (SSSR count). The summed E-state index contributed by atoms with van der Waals surface area (Å²) in [5, 5.41) is 9.13. The number of benzene rings is 1. The van der Waals surface area contributed by atoms with Crippen LogP contribution in [0, 0.1) is 5.82 Å². The molecule has 0 saturated heterocycles. The van der Waals surface area contributed by atoms with Gasteiger partial charge in [0.25, 0.3) is 0 Å². The van der Waals surface area contributed by atoms with Crippen molar-refractivity contribution in [3.8, 4) is 0 Å². The normalized spacial score (nSPS) is 12.4. The Balaban J connectivity index is 3.05. The van der Waals surface area contributed by atoms with E-state index in [1.807, 2.05) is 19.0 Å². The number of sulfonamides is 1. The van der Waals surface area contributed by atoms with Crippen LogP contribution in [0.25, 0.3) is 0 Å². The minimum Gasteiger partial charge on any atom is -0.392 e. The summed E-state index contributed by atoms with van der Waals surface area (Å²) < 4.78 is 40.0. The Morgan fingerprint density at radius 2 is 1.86 bits per heavy atom. The molecule has 0 spiro atoms. The van der Waals surface area contributed by atoms with Crippen molar-refractivity contribution in [3.05, 3.63) is 28.5 Å². The number of hydrogen-bond donors (Lipinski definition) is 1. The Morgan fingerprint density at radius 1 is 1.24 bits per heavy atom. The van der Waals surface area contributed by atoms with Gasteiger partial charge in [-0.3, -0.25) is 0 Å². The van der Waals surface area contributed by atoms with E-state index in [1.165, 1.54) is 13.1 Å². The van der Waals surface area contributed by atoms with Gasteiger partial charge in [0.15, 0.2) is 0 Å². The van der Waals surface area contributed by atoms with Gasteiger partial charge in [0.1, 0.15) is 10.7 Å². The molecule has 0 aliphatic heterocycles. The molecular formula is C13H20ClFN2O3S. The second-order valence-electron chi connectivity index (χ2n) is 5.02. The highest BCUT2D eigenvalue weighted by atomic mass is 35.5. The van der Waals surface area contributed by atoms with Gasteiger partial charge in [0, 0.05) is 24.2 Å². The predicted octanol–water partition coefficient (Wildman–Crippen LogP) is 1.54. The van der Waals surface area contributed by atoms with Gasteiger partial charge in [-0.2, -0.15) is 0 Å². The summed E-state index contributed by atoms with van der Waals surface area (Å²) in [4.78, 5) is 1.43. The SMILES string of the molecule is CN(C)CCCN(C)S(=O)(=O)c1cc(Cl)cc(CO)c1F. The maximum Gasteiger partial charge on any atom is 0.245 e. The molecule has 1 N–H and O–H groups in total. The maximum atomic E-state index is 14.1. The monoisotopic (exact) mass is 338 g/mol. The molecule has 1 aromatic carbocycles. The fourth-order valence-electron chi connectivity index (χ4n) is 1.82. The van der Waals surface area contributed by atoms with Crippen molar-refractivity contribution >= 4 is 21.6 Å². The topological polar surface area (TPSA) is 60.9 Å². The fourth-order valence-corrected chi connectivity index (χ4v) is 3.46. The van der Waals surface area contributed by atoms with Gasteiger partial charge in [-0.15, -0.1) is 0 Å². The number of rotatable bonds is 7. The Labute approximate surface area is 130 Å². The van der Waals surface area contributed by atoms with Crippen LogP contribution in [0.4, 0.5) is 4.39 Å². The van der Waals surface area contributed by atoms with Gasteiger partial charge in [0.05, 0.1) is 6.61 Å². The highest BCUT2D eigenvalue weighted by Crippen LogP contribution is 2.26. The van der Waals surface area contributed by atoms with Crippen molar-refractivity contribution in [2.45, 2.75) is 17.9 Å². The smallest absolute Gasteiger partial charge is 0.245 e. The second kappa shape index (κ2) is 7.51. The largest absolute Gasteiger partial charge is 0.392 e. The van der Waals surface area contributed by atoms with Crippen molar-refractivity contribution in [1.29, 1.82) is 0 Å². The van der Waals surface area contributed by atoms with E-state index in [0.717, 1.165) is 16.9 Å². The molecule has 8 heteroatoms. The minimum absolute atomic E-state index is 0.0701. The number of aliphatic hydroxyl groups excluding tert-OH is 1. The Morgan fingerprint density at radius 3 is 2.38 bits per heavy atom. The van der Waals surface area contributed by atoms with Crippen molar-refractivity contribution in [2.75, 3.05) is 34.2 Å². The zero-order chi connectivity index (χ0) is 16.2. The Kier molecular flexibility index (Phi) is 6.55. The molecule has 0 bridgehead atoms. The molecule has 5 nitrogen and oxygen atoms in total. The molecule has 0 unspecified atom stereocenters. The van der Waals surface area contributed by atoms with Crippen LogP contribution < -0.4 is 0 Å². The van der Waals surface area contributed by atoms with Crippen LogP contribution in [0.1, 0.15) is 12.0 Å². The number of hydrogen-bond acceptors (Lipinski definition) is 4. The van der Waals surface area contributed by atoms with Crippen molar-refractivity contribution < 1.29 is 17.9 Å². The van der Waals surface area contributed by atoms with E-state index >= 15 is 0 Å². The highest BCUT2D eigenvalue weighted by molar-refractivity contribution is 7.89. The molecule has 0 amide bonds. The molecule has 0 aromatic heterocycles. The first kappa shape index (κ1) is 18.3. The number of aliphatic hydroxyl groups is 1. The van der Waals surface area contributed by atoms with Gasteiger partial charge in [0.2, 0.25) is 10.0 Å². The summed E-state index contributed by atoms with van der Waals surface area (Å²) >= 11 is 5.79. The van der Waals surface area contributed by atoms with Gasteiger partial charge < -0.3 is 10.0 Å². The molecule has 0 heterocycles. The molecule has 0 radical (unpaired) electrons. The van der Waals surface area contributed by atoms with Crippen LogP contribution >= 0.6 is 11.6 Å². The standard InChI is InChI=1S/C13H20ClFN2O3S/c1-16(2)5-4-6-17(3)21(19,20)12-8-11(14)7-10(9-18)13(12)15/h7-8,18H,4-6,9H2,1-3H3. The lowest BCUT2D eigenvalue weighted by Crippen LogP contribution is -2.30. The highest BCUT2D eigenvalue weighted by Gasteiger charge is 2.26. The molecule has 120 valence electrons. The van der Waals surface area contributed by atoms with E-state index in [0.29, 0.717) is 6.42 Å². The van der Waals surface area contributed by atoms with Crippen LogP contribution in [-0.2, 0) is 16.6 Å². The molecular weight excluding hydrogens is 319 g/mol. The van der Waals surface area contributed by atoms with Crippen LogP contribution in [0.5, 0.6) is 0 Å². The Bertz CT molecular complexity index is 593. The summed E-state index contributed by atoms with van der Waals surface area (Å²) in [5.41, 5.74) is -0.136. The zero-order valence-electron chi connectivity index (χ0n) is 12.3. The van der Waals surface area contributed by atoms with Crippen molar-refractivity contribution in [3.63, 3.8) is 0 Å². The van der Waals surface area contributed by atoms with Gasteiger partial charge >= 0.3 is 0 Å². The summed E-state index contributed by atoms with van der Waals surface area (Å²) in [6.45, 7) is 0.375. The molecule has 0 fully saturated rings. The fraction of sp³-hybridized carbons (Fsp3) is 0.538. The van der Waals surface area contributed by atoms with Crippen molar-refractivity contribution in [1.82, 2.24) is 9.21 Å². The third-order valence-electron chi connectivity index (χ3n) is 3.02. The molecule has 0 aliphatic rings. The second-order valence-corrected chi connectivity index (χ2v) is 7.47. The molecule has 0 aliphatic carbocycles.